The first-order valence-corrected chi connectivity index (χ1v) is 8.68. The first kappa shape index (κ1) is 19.1. The molecule has 0 bridgehead atoms. The number of halogens is 1. The van der Waals surface area contributed by atoms with Gasteiger partial charge in [-0.1, -0.05) is 13.8 Å². The predicted octanol–water partition coefficient (Wildman–Crippen LogP) is 2.80. The van der Waals surface area contributed by atoms with E-state index in [0.717, 1.165) is 35.5 Å². The van der Waals surface area contributed by atoms with Crippen LogP contribution in [0, 0.1) is 19.7 Å². The molecule has 2 rings (SSSR count). The van der Waals surface area contributed by atoms with Crippen molar-refractivity contribution >= 4 is 5.91 Å². The molecule has 1 aromatic heterocycles. The Morgan fingerprint density at radius 1 is 1.24 bits per heavy atom. The number of hydrogen-bond acceptors (Lipinski definition) is 3. The molecule has 0 radical (unpaired) electrons. The molecule has 0 saturated heterocycles. The van der Waals surface area contributed by atoms with Crippen LogP contribution in [-0.4, -0.2) is 27.8 Å². The lowest BCUT2D eigenvalue weighted by atomic mass is 9.92. The Morgan fingerprint density at radius 3 is 2.36 bits per heavy atom. The maximum Gasteiger partial charge on any atom is 0.225 e. The highest BCUT2D eigenvalue weighted by Gasteiger charge is 2.27. The third-order valence-electron chi connectivity index (χ3n) is 5.00. The number of aryl methyl sites for hydroxylation is 1. The average Bonchev–Trinajstić information content (AvgIpc) is 2.88. The Balaban J connectivity index is 2.23. The van der Waals surface area contributed by atoms with Gasteiger partial charge < -0.3 is 11.1 Å². The van der Waals surface area contributed by atoms with Gasteiger partial charge in [0.25, 0.3) is 0 Å². The van der Waals surface area contributed by atoms with Gasteiger partial charge in [-0.3, -0.25) is 4.79 Å². The van der Waals surface area contributed by atoms with Gasteiger partial charge in [-0.25, -0.2) is 9.07 Å². The minimum Gasteiger partial charge on any atom is -0.349 e. The molecule has 0 fully saturated rings. The number of nitrogens with one attached hydrogen (secondary N) is 1. The third-order valence-corrected chi connectivity index (χ3v) is 5.00. The number of carbonyl (C=O) groups is 1. The summed E-state index contributed by atoms with van der Waals surface area (Å²) in [5.41, 5.74) is 8.84. The summed E-state index contributed by atoms with van der Waals surface area (Å²) in [6.07, 6.45) is 1.83. The summed E-state index contributed by atoms with van der Waals surface area (Å²) in [6, 6.07) is 6.14. The van der Waals surface area contributed by atoms with Crippen molar-refractivity contribution in [3.63, 3.8) is 0 Å². The van der Waals surface area contributed by atoms with Crippen LogP contribution in [0.25, 0.3) is 5.69 Å². The zero-order valence-electron chi connectivity index (χ0n) is 15.4. The zero-order chi connectivity index (χ0) is 18.6. The van der Waals surface area contributed by atoms with Gasteiger partial charge >= 0.3 is 0 Å². The van der Waals surface area contributed by atoms with Gasteiger partial charge in [0.2, 0.25) is 5.91 Å². The Hall–Kier alpha value is -2.21. The summed E-state index contributed by atoms with van der Waals surface area (Å²) in [5.74, 6) is -0.346. The second-order valence-corrected chi connectivity index (χ2v) is 6.45. The minimum absolute atomic E-state index is 0.0565. The van der Waals surface area contributed by atoms with E-state index in [4.69, 9.17) is 5.73 Å². The van der Waals surface area contributed by atoms with Crippen LogP contribution in [0.5, 0.6) is 0 Å². The van der Waals surface area contributed by atoms with E-state index in [1.165, 1.54) is 12.1 Å². The van der Waals surface area contributed by atoms with Crippen molar-refractivity contribution in [3.8, 4) is 5.69 Å². The van der Waals surface area contributed by atoms with Crippen molar-refractivity contribution in [2.45, 2.75) is 52.5 Å². The number of nitrogens with zero attached hydrogens (tertiary/aromatic N) is 2. The fourth-order valence-electron chi connectivity index (χ4n) is 3.03. The molecule has 0 spiro atoms. The van der Waals surface area contributed by atoms with Crippen molar-refractivity contribution < 1.29 is 9.18 Å². The fraction of sp³-hybridized carbons (Fsp3) is 0.474. The Bertz CT molecular complexity index is 724. The molecule has 0 atom stereocenters. The van der Waals surface area contributed by atoms with Crippen LogP contribution in [0.15, 0.2) is 24.3 Å². The van der Waals surface area contributed by atoms with Crippen LogP contribution in [0.1, 0.15) is 43.6 Å². The van der Waals surface area contributed by atoms with Gasteiger partial charge in [-0.2, -0.15) is 5.10 Å². The van der Waals surface area contributed by atoms with Gasteiger partial charge in [-0.05, 0) is 51.0 Å². The number of benzene rings is 1. The number of amides is 1. The van der Waals surface area contributed by atoms with E-state index in [-0.39, 0.29) is 23.7 Å². The van der Waals surface area contributed by atoms with E-state index in [1.54, 1.807) is 16.8 Å². The first-order valence-electron chi connectivity index (χ1n) is 8.68. The van der Waals surface area contributed by atoms with Crippen LogP contribution < -0.4 is 11.1 Å². The lowest BCUT2D eigenvalue weighted by molar-refractivity contribution is -0.122. The van der Waals surface area contributed by atoms with E-state index in [0.29, 0.717) is 6.54 Å². The molecule has 0 aliphatic rings. The molecule has 1 aromatic carbocycles. The third kappa shape index (κ3) is 4.07. The van der Waals surface area contributed by atoms with Crippen LogP contribution in [0.2, 0.25) is 0 Å². The van der Waals surface area contributed by atoms with Crippen LogP contribution >= 0.6 is 0 Å². The monoisotopic (exact) mass is 346 g/mol. The zero-order valence-corrected chi connectivity index (χ0v) is 15.4. The number of aromatic nitrogens is 2. The largest absolute Gasteiger partial charge is 0.349 e. The van der Waals surface area contributed by atoms with Gasteiger partial charge in [0, 0.05) is 17.8 Å². The highest BCUT2D eigenvalue weighted by Crippen LogP contribution is 2.20. The molecule has 6 heteroatoms. The molecular weight excluding hydrogens is 319 g/mol. The topological polar surface area (TPSA) is 72.9 Å². The summed E-state index contributed by atoms with van der Waals surface area (Å²) in [6.45, 7) is 8.27. The number of rotatable bonds is 7. The number of hydrogen-bond donors (Lipinski definition) is 2. The average molecular weight is 346 g/mol. The van der Waals surface area contributed by atoms with Crippen LogP contribution in [0.3, 0.4) is 0 Å². The Labute approximate surface area is 148 Å². The van der Waals surface area contributed by atoms with Gasteiger partial charge in [0.05, 0.1) is 23.3 Å². The molecule has 136 valence electrons. The second kappa shape index (κ2) is 7.78. The van der Waals surface area contributed by atoms with E-state index in [9.17, 15) is 9.18 Å². The van der Waals surface area contributed by atoms with Crippen LogP contribution in [-0.2, 0) is 11.2 Å². The normalized spacial score (nSPS) is 11.6. The highest BCUT2D eigenvalue weighted by molar-refractivity contribution is 5.80. The standard InChI is InChI=1S/C19H27FN4O/c1-5-19(6-2,12-21)22-18(25)11-17-13(3)23-24(14(17)4)16-9-7-15(20)8-10-16/h7-10H,5-6,11-12,21H2,1-4H3,(H,22,25). The molecule has 0 unspecified atom stereocenters. The van der Waals surface area contributed by atoms with Gasteiger partial charge in [0.15, 0.2) is 0 Å². The lowest BCUT2D eigenvalue weighted by Gasteiger charge is -2.31. The van der Waals surface area contributed by atoms with Crippen LogP contribution in [0.4, 0.5) is 4.39 Å². The molecular formula is C19H27FN4O. The van der Waals surface area contributed by atoms with E-state index in [1.807, 2.05) is 27.7 Å². The summed E-state index contributed by atoms with van der Waals surface area (Å²) < 4.78 is 14.9. The molecule has 0 saturated carbocycles. The Morgan fingerprint density at radius 2 is 1.84 bits per heavy atom. The smallest absolute Gasteiger partial charge is 0.225 e. The van der Waals surface area contributed by atoms with Crippen molar-refractivity contribution in [3.05, 3.63) is 47.0 Å². The maximum absolute atomic E-state index is 13.1. The maximum atomic E-state index is 13.1. The minimum atomic E-state index is -0.355. The number of carbonyl (C=O) groups excluding carboxylic acids is 1. The second-order valence-electron chi connectivity index (χ2n) is 6.45. The SMILES string of the molecule is CCC(CC)(CN)NC(=O)Cc1c(C)nn(-c2ccc(F)cc2)c1C. The van der Waals surface area contributed by atoms with Crippen molar-refractivity contribution in [2.75, 3.05) is 6.54 Å². The first-order chi connectivity index (χ1) is 11.9. The molecule has 5 nitrogen and oxygen atoms in total. The van der Waals surface area contributed by atoms with Crippen molar-refractivity contribution in [1.82, 2.24) is 15.1 Å². The van der Waals surface area contributed by atoms with Gasteiger partial charge in [-0.15, -0.1) is 0 Å². The van der Waals surface area contributed by atoms with E-state index < -0.39 is 0 Å². The summed E-state index contributed by atoms with van der Waals surface area (Å²) >= 11 is 0. The summed E-state index contributed by atoms with van der Waals surface area (Å²) in [5, 5.41) is 7.60. The highest BCUT2D eigenvalue weighted by atomic mass is 19.1. The summed E-state index contributed by atoms with van der Waals surface area (Å²) in [4.78, 5) is 12.5. The van der Waals surface area contributed by atoms with E-state index in [2.05, 4.69) is 10.4 Å². The molecule has 0 aliphatic carbocycles. The number of nitrogens with two attached hydrogens (primary N) is 1. The predicted molar refractivity (Wildman–Crippen MR) is 97.2 cm³/mol. The quantitative estimate of drug-likeness (QED) is 0.810. The van der Waals surface area contributed by atoms with Crippen molar-refractivity contribution in [2.24, 2.45) is 5.73 Å². The molecule has 2 aromatic rings. The molecule has 1 amide bonds. The van der Waals surface area contributed by atoms with Crippen molar-refractivity contribution in [1.29, 1.82) is 0 Å². The summed E-state index contributed by atoms with van der Waals surface area (Å²) in [7, 11) is 0. The fourth-order valence-corrected chi connectivity index (χ4v) is 3.03. The molecule has 25 heavy (non-hydrogen) atoms. The molecule has 3 N–H and O–H groups in total. The Kier molecular flexibility index (Phi) is 5.95. The van der Waals surface area contributed by atoms with E-state index >= 15 is 0 Å². The lowest BCUT2D eigenvalue weighted by Crippen LogP contribution is -2.53. The molecule has 0 aliphatic heterocycles. The molecule has 1 heterocycles. The van der Waals surface area contributed by atoms with Gasteiger partial charge in [0.1, 0.15) is 5.82 Å².